The van der Waals surface area contributed by atoms with E-state index in [4.69, 9.17) is 4.42 Å². The standard InChI is InChI=1S/C21H24N6O4S3/c1-9-19-27-15(11(3)31-19)18(30)23-10(2)20-25-14(7-33-20)17(29)24-12(5-6-32-4)21-26-13(8-34-21)16(28)22-9/h7-10,12H,5-6H2,1-4H3,(H,22,28)(H,23,30)(H,24,29). The normalized spacial score (nSPS) is 21.3. The van der Waals surface area contributed by atoms with Crippen molar-refractivity contribution in [1.29, 1.82) is 0 Å². The molecule has 0 saturated carbocycles. The second-order valence-electron chi connectivity index (χ2n) is 7.80. The zero-order chi connectivity index (χ0) is 24.4. The monoisotopic (exact) mass is 520 g/mol. The third kappa shape index (κ3) is 5.15. The summed E-state index contributed by atoms with van der Waals surface area (Å²) in [7, 11) is 0. The highest BCUT2D eigenvalue weighted by atomic mass is 32.2. The summed E-state index contributed by atoms with van der Waals surface area (Å²) in [6.07, 6.45) is 2.64. The number of aryl methyl sites for hydroxylation is 1. The van der Waals surface area contributed by atoms with E-state index in [1.54, 1.807) is 43.3 Å². The lowest BCUT2D eigenvalue weighted by molar-refractivity contribution is 0.0924. The minimum atomic E-state index is -0.581. The smallest absolute Gasteiger partial charge is 0.274 e. The first-order valence-electron chi connectivity index (χ1n) is 10.6. The molecule has 1 aliphatic rings. The van der Waals surface area contributed by atoms with Gasteiger partial charge in [-0.2, -0.15) is 11.8 Å². The Balaban J connectivity index is 1.71. The zero-order valence-corrected chi connectivity index (χ0v) is 21.4. The molecule has 0 radical (unpaired) electrons. The van der Waals surface area contributed by atoms with Crippen LogP contribution in [-0.4, -0.2) is 44.7 Å². The van der Waals surface area contributed by atoms with Crippen LogP contribution in [0.3, 0.4) is 0 Å². The predicted octanol–water partition coefficient (Wildman–Crippen LogP) is 3.42. The van der Waals surface area contributed by atoms with Crippen molar-refractivity contribution >= 4 is 52.2 Å². The fraction of sp³-hybridized carbons (Fsp3) is 0.429. The summed E-state index contributed by atoms with van der Waals surface area (Å²) in [5, 5.41) is 13.2. The van der Waals surface area contributed by atoms with E-state index in [2.05, 4.69) is 30.9 Å². The molecule has 3 N–H and O–H groups in total. The molecule has 3 aromatic heterocycles. The van der Waals surface area contributed by atoms with Gasteiger partial charge in [-0.1, -0.05) is 0 Å². The Morgan fingerprint density at radius 3 is 2.24 bits per heavy atom. The number of fused-ring (bicyclic) bond motifs is 6. The minimum absolute atomic E-state index is 0.131. The van der Waals surface area contributed by atoms with Gasteiger partial charge in [-0.25, -0.2) is 15.0 Å². The number of hydrogen-bond donors (Lipinski definition) is 3. The number of amides is 3. The fourth-order valence-electron chi connectivity index (χ4n) is 3.34. The van der Waals surface area contributed by atoms with Gasteiger partial charge >= 0.3 is 0 Å². The van der Waals surface area contributed by atoms with E-state index in [0.29, 0.717) is 22.2 Å². The lowest BCUT2D eigenvalue weighted by Crippen LogP contribution is -2.31. The number of aromatic nitrogens is 3. The Kier molecular flexibility index (Phi) is 7.33. The molecule has 0 fully saturated rings. The highest BCUT2D eigenvalue weighted by Crippen LogP contribution is 2.26. The molecule has 3 atom stereocenters. The van der Waals surface area contributed by atoms with Gasteiger partial charge in [0.05, 0.1) is 12.1 Å². The van der Waals surface area contributed by atoms with Gasteiger partial charge in [0.15, 0.2) is 5.69 Å². The number of thiazole rings is 2. The highest BCUT2D eigenvalue weighted by molar-refractivity contribution is 7.98. The van der Waals surface area contributed by atoms with E-state index in [0.717, 1.165) is 5.75 Å². The first-order valence-corrected chi connectivity index (χ1v) is 13.7. The largest absolute Gasteiger partial charge is 0.443 e. The second-order valence-corrected chi connectivity index (χ2v) is 10.6. The van der Waals surface area contributed by atoms with Crippen molar-refractivity contribution in [2.75, 3.05) is 12.0 Å². The maximum absolute atomic E-state index is 12.9. The average Bonchev–Trinajstić information content (AvgIpc) is 3.55. The van der Waals surface area contributed by atoms with Crippen molar-refractivity contribution in [2.24, 2.45) is 0 Å². The molecule has 3 unspecified atom stereocenters. The van der Waals surface area contributed by atoms with Gasteiger partial charge < -0.3 is 20.4 Å². The van der Waals surface area contributed by atoms with Gasteiger partial charge in [-0.05, 0) is 39.2 Å². The van der Waals surface area contributed by atoms with Gasteiger partial charge in [0.25, 0.3) is 17.7 Å². The van der Waals surface area contributed by atoms with E-state index in [-0.39, 0.29) is 34.9 Å². The van der Waals surface area contributed by atoms with Gasteiger partial charge in [0.2, 0.25) is 5.89 Å². The van der Waals surface area contributed by atoms with Crippen LogP contribution in [0.4, 0.5) is 0 Å². The summed E-state index contributed by atoms with van der Waals surface area (Å²) in [5.41, 5.74) is 0.633. The lowest BCUT2D eigenvalue weighted by Gasteiger charge is -2.15. The summed E-state index contributed by atoms with van der Waals surface area (Å²) in [6, 6.07) is -1.38. The zero-order valence-electron chi connectivity index (χ0n) is 19.0. The topological polar surface area (TPSA) is 139 Å². The predicted molar refractivity (Wildman–Crippen MR) is 130 cm³/mol. The summed E-state index contributed by atoms with van der Waals surface area (Å²) < 4.78 is 5.66. The van der Waals surface area contributed by atoms with Crippen molar-refractivity contribution in [1.82, 2.24) is 30.9 Å². The van der Waals surface area contributed by atoms with Crippen LogP contribution < -0.4 is 16.0 Å². The van der Waals surface area contributed by atoms with E-state index in [9.17, 15) is 14.4 Å². The van der Waals surface area contributed by atoms with Crippen molar-refractivity contribution in [3.8, 4) is 0 Å². The van der Waals surface area contributed by atoms with E-state index >= 15 is 0 Å². The summed E-state index contributed by atoms with van der Waals surface area (Å²) in [4.78, 5) is 51.8. The SMILES string of the molecule is CSCCC1NC(=O)c2csc(n2)C(C)NC(=O)c2nc(oc2C)C(C)NC(=O)c2csc1n2. The molecule has 180 valence electrons. The van der Waals surface area contributed by atoms with Crippen LogP contribution in [0.25, 0.3) is 0 Å². The van der Waals surface area contributed by atoms with Crippen LogP contribution in [0.1, 0.15) is 91.5 Å². The van der Waals surface area contributed by atoms with Gasteiger partial charge in [0.1, 0.15) is 33.2 Å². The number of carbonyl (C=O) groups is 3. The molecule has 1 aliphatic heterocycles. The van der Waals surface area contributed by atoms with Crippen LogP contribution in [0.15, 0.2) is 15.2 Å². The molecule has 13 heteroatoms. The van der Waals surface area contributed by atoms with Crippen molar-refractivity contribution in [2.45, 2.75) is 45.3 Å². The van der Waals surface area contributed by atoms with E-state index in [1.165, 1.54) is 22.7 Å². The number of carbonyl (C=O) groups excluding carboxylic acids is 3. The Morgan fingerprint density at radius 1 is 0.912 bits per heavy atom. The Labute approximate surface area is 208 Å². The van der Waals surface area contributed by atoms with Crippen LogP contribution in [-0.2, 0) is 0 Å². The summed E-state index contributed by atoms with van der Waals surface area (Å²) in [6.45, 7) is 5.15. The number of thioether (sulfide) groups is 1. The first kappa shape index (κ1) is 24.4. The number of nitrogens with one attached hydrogen (secondary N) is 3. The highest BCUT2D eigenvalue weighted by Gasteiger charge is 2.27. The molecule has 34 heavy (non-hydrogen) atoms. The van der Waals surface area contributed by atoms with Gasteiger partial charge in [-0.3, -0.25) is 14.4 Å². The molecule has 6 bridgehead atoms. The number of hydrogen-bond acceptors (Lipinski definition) is 10. The van der Waals surface area contributed by atoms with E-state index < -0.39 is 23.9 Å². The molecule has 3 amide bonds. The Hall–Kier alpha value is -2.77. The molecule has 0 saturated heterocycles. The Bertz CT molecular complexity index is 1220. The molecule has 10 nitrogen and oxygen atoms in total. The molecule has 0 spiro atoms. The third-order valence-electron chi connectivity index (χ3n) is 5.19. The van der Waals surface area contributed by atoms with E-state index in [1.807, 2.05) is 6.26 Å². The summed E-state index contributed by atoms with van der Waals surface area (Å²) in [5.74, 6) is 0.209. The molecule has 4 heterocycles. The maximum atomic E-state index is 12.9. The van der Waals surface area contributed by atoms with Crippen molar-refractivity contribution < 1.29 is 18.8 Å². The number of oxazole rings is 1. The van der Waals surface area contributed by atoms with Gasteiger partial charge in [-0.15, -0.1) is 22.7 Å². The van der Waals surface area contributed by atoms with Crippen LogP contribution >= 0.6 is 34.4 Å². The molecule has 3 aromatic rings. The molecular weight excluding hydrogens is 496 g/mol. The first-order chi connectivity index (χ1) is 16.3. The average molecular weight is 521 g/mol. The second kappa shape index (κ2) is 10.2. The van der Waals surface area contributed by atoms with Crippen LogP contribution in [0.5, 0.6) is 0 Å². The fourth-order valence-corrected chi connectivity index (χ4v) is 5.50. The van der Waals surface area contributed by atoms with Crippen LogP contribution in [0, 0.1) is 6.92 Å². The quantitative estimate of drug-likeness (QED) is 0.477. The minimum Gasteiger partial charge on any atom is -0.443 e. The number of rotatable bonds is 3. The lowest BCUT2D eigenvalue weighted by atomic mass is 10.2. The molecular formula is C21H24N6O4S3. The summed E-state index contributed by atoms with van der Waals surface area (Å²) >= 11 is 4.27. The maximum Gasteiger partial charge on any atom is 0.274 e. The molecule has 0 aromatic carbocycles. The number of nitrogens with zero attached hydrogens (tertiary/aromatic N) is 3. The van der Waals surface area contributed by atoms with Crippen molar-refractivity contribution in [3.63, 3.8) is 0 Å². The van der Waals surface area contributed by atoms with Crippen LogP contribution in [0.2, 0.25) is 0 Å². The Morgan fingerprint density at radius 2 is 1.53 bits per heavy atom. The van der Waals surface area contributed by atoms with Gasteiger partial charge in [0, 0.05) is 10.8 Å². The third-order valence-corrected chi connectivity index (χ3v) is 7.82. The molecule has 4 rings (SSSR count). The van der Waals surface area contributed by atoms with Crippen molar-refractivity contribution in [3.05, 3.63) is 49.5 Å². The molecule has 0 aliphatic carbocycles.